The SMILES string of the molecule is c1ccc(-c2nnc(SCC3CCCCC3)o2)cc1. The topological polar surface area (TPSA) is 38.9 Å². The summed E-state index contributed by atoms with van der Waals surface area (Å²) in [7, 11) is 0. The van der Waals surface area contributed by atoms with Crippen LogP contribution in [-0.4, -0.2) is 16.0 Å². The first kappa shape index (κ1) is 12.7. The van der Waals surface area contributed by atoms with Gasteiger partial charge in [-0.2, -0.15) is 0 Å². The summed E-state index contributed by atoms with van der Waals surface area (Å²) >= 11 is 1.70. The Morgan fingerprint density at radius 2 is 1.84 bits per heavy atom. The molecule has 4 heteroatoms. The molecule has 0 N–H and O–H groups in total. The van der Waals surface area contributed by atoms with Crippen LogP contribution in [0.15, 0.2) is 40.0 Å². The average Bonchev–Trinajstić information content (AvgIpc) is 2.96. The highest BCUT2D eigenvalue weighted by atomic mass is 32.2. The molecule has 0 radical (unpaired) electrons. The number of thioether (sulfide) groups is 1. The number of hydrogen-bond acceptors (Lipinski definition) is 4. The average molecular weight is 274 g/mol. The van der Waals surface area contributed by atoms with Gasteiger partial charge >= 0.3 is 0 Å². The van der Waals surface area contributed by atoms with E-state index >= 15 is 0 Å². The van der Waals surface area contributed by atoms with Gasteiger partial charge in [-0.1, -0.05) is 49.2 Å². The summed E-state index contributed by atoms with van der Waals surface area (Å²) in [5.74, 6) is 2.55. The van der Waals surface area contributed by atoms with Crippen LogP contribution in [0.3, 0.4) is 0 Å². The van der Waals surface area contributed by atoms with E-state index in [-0.39, 0.29) is 0 Å². The van der Waals surface area contributed by atoms with Crippen molar-refractivity contribution in [2.45, 2.75) is 37.3 Å². The number of aromatic nitrogens is 2. The Kier molecular flexibility index (Phi) is 4.18. The van der Waals surface area contributed by atoms with E-state index in [9.17, 15) is 0 Å². The Labute approximate surface area is 117 Å². The smallest absolute Gasteiger partial charge is 0.276 e. The van der Waals surface area contributed by atoms with Crippen molar-refractivity contribution in [1.82, 2.24) is 10.2 Å². The molecule has 0 spiro atoms. The molecule has 19 heavy (non-hydrogen) atoms. The Balaban J connectivity index is 1.59. The molecule has 3 rings (SSSR count). The first-order valence-electron chi connectivity index (χ1n) is 6.93. The van der Waals surface area contributed by atoms with Gasteiger partial charge in [0.1, 0.15) is 0 Å². The van der Waals surface area contributed by atoms with Gasteiger partial charge in [-0.3, -0.25) is 0 Å². The highest BCUT2D eigenvalue weighted by molar-refractivity contribution is 7.99. The Bertz CT molecular complexity index is 506. The minimum absolute atomic E-state index is 0.617. The molecule has 3 nitrogen and oxygen atoms in total. The fraction of sp³-hybridized carbons (Fsp3) is 0.467. The summed E-state index contributed by atoms with van der Waals surface area (Å²) in [6.45, 7) is 0. The lowest BCUT2D eigenvalue weighted by atomic mass is 9.91. The maximum atomic E-state index is 5.70. The van der Waals surface area contributed by atoms with Crippen molar-refractivity contribution in [3.8, 4) is 11.5 Å². The van der Waals surface area contributed by atoms with Crippen LogP contribution in [0.2, 0.25) is 0 Å². The molecule has 2 aromatic rings. The van der Waals surface area contributed by atoms with Gasteiger partial charge in [-0.15, -0.1) is 10.2 Å². The predicted octanol–water partition coefficient (Wildman–Crippen LogP) is 4.41. The van der Waals surface area contributed by atoms with Crippen molar-refractivity contribution in [3.63, 3.8) is 0 Å². The normalized spacial score (nSPS) is 16.6. The van der Waals surface area contributed by atoms with Crippen LogP contribution in [0.1, 0.15) is 32.1 Å². The number of rotatable bonds is 4. The molecule has 0 saturated heterocycles. The highest BCUT2D eigenvalue weighted by Gasteiger charge is 2.15. The first-order chi connectivity index (χ1) is 9.42. The molecule has 0 amide bonds. The van der Waals surface area contributed by atoms with Crippen molar-refractivity contribution in [1.29, 1.82) is 0 Å². The minimum atomic E-state index is 0.617. The molecular formula is C15H18N2OS. The van der Waals surface area contributed by atoms with Crippen molar-refractivity contribution < 1.29 is 4.42 Å². The molecule has 0 aliphatic heterocycles. The van der Waals surface area contributed by atoms with Crippen molar-refractivity contribution >= 4 is 11.8 Å². The number of hydrogen-bond donors (Lipinski definition) is 0. The van der Waals surface area contributed by atoms with E-state index in [0.29, 0.717) is 11.1 Å². The van der Waals surface area contributed by atoms with E-state index in [1.54, 1.807) is 11.8 Å². The quantitative estimate of drug-likeness (QED) is 0.774. The molecule has 1 heterocycles. The molecule has 1 aliphatic carbocycles. The summed E-state index contributed by atoms with van der Waals surface area (Å²) in [4.78, 5) is 0. The molecule has 0 unspecified atom stereocenters. The second-order valence-electron chi connectivity index (χ2n) is 5.05. The third-order valence-electron chi connectivity index (χ3n) is 3.59. The van der Waals surface area contributed by atoms with E-state index in [1.165, 1.54) is 32.1 Å². The lowest BCUT2D eigenvalue weighted by molar-refractivity contribution is 0.389. The van der Waals surface area contributed by atoms with Gasteiger partial charge in [0.2, 0.25) is 5.89 Å². The molecule has 1 fully saturated rings. The summed E-state index contributed by atoms with van der Waals surface area (Å²) in [6, 6.07) is 9.92. The highest BCUT2D eigenvalue weighted by Crippen LogP contribution is 2.30. The van der Waals surface area contributed by atoms with Gasteiger partial charge in [0.25, 0.3) is 5.22 Å². The third-order valence-corrected chi connectivity index (χ3v) is 4.64. The van der Waals surface area contributed by atoms with Gasteiger partial charge in [0.15, 0.2) is 0 Å². The van der Waals surface area contributed by atoms with Crippen LogP contribution in [0.5, 0.6) is 0 Å². The summed E-state index contributed by atoms with van der Waals surface area (Å²) in [6.07, 6.45) is 6.87. The zero-order chi connectivity index (χ0) is 12.9. The lowest BCUT2D eigenvalue weighted by Gasteiger charge is -2.19. The maximum absolute atomic E-state index is 5.70. The van der Waals surface area contributed by atoms with Gasteiger partial charge in [-0.05, 0) is 30.9 Å². The predicted molar refractivity (Wildman–Crippen MR) is 77.0 cm³/mol. The zero-order valence-electron chi connectivity index (χ0n) is 10.9. The van der Waals surface area contributed by atoms with Crippen molar-refractivity contribution in [3.05, 3.63) is 30.3 Å². The van der Waals surface area contributed by atoms with E-state index in [4.69, 9.17) is 4.42 Å². The molecule has 1 aromatic carbocycles. The second kappa shape index (κ2) is 6.24. The van der Waals surface area contributed by atoms with Crippen molar-refractivity contribution in [2.75, 3.05) is 5.75 Å². The van der Waals surface area contributed by atoms with Gasteiger partial charge in [0, 0.05) is 11.3 Å². The summed E-state index contributed by atoms with van der Waals surface area (Å²) < 4.78 is 5.70. The molecule has 100 valence electrons. The molecule has 1 aliphatic rings. The van der Waals surface area contributed by atoms with Crippen LogP contribution in [0.4, 0.5) is 0 Å². The van der Waals surface area contributed by atoms with Gasteiger partial charge in [-0.25, -0.2) is 0 Å². The van der Waals surface area contributed by atoms with Crippen molar-refractivity contribution in [2.24, 2.45) is 5.92 Å². The third kappa shape index (κ3) is 3.38. The van der Waals surface area contributed by atoms with Gasteiger partial charge in [0.05, 0.1) is 0 Å². The van der Waals surface area contributed by atoms with Crippen LogP contribution >= 0.6 is 11.8 Å². The van der Waals surface area contributed by atoms with Crippen LogP contribution in [0, 0.1) is 5.92 Å². The molecular weight excluding hydrogens is 256 g/mol. The van der Waals surface area contributed by atoms with Crippen LogP contribution in [0.25, 0.3) is 11.5 Å². The largest absolute Gasteiger partial charge is 0.411 e. The minimum Gasteiger partial charge on any atom is -0.411 e. The Morgan fingerprint density at radius 1 is 1.05 bits per heavy atom. The Morgan fingerprint density at radius 3 is 2.63 bits per heavy atom. The first-order valence-corrected chi connectivity index (χ1v) is 7.92. The standard InChI is InChI=1S/C15H18N2OS/c1-3-7-12(8-4-1)11-19-15-17-16-14(18-15)13-9-5-2-6-10-13/h2,5-6,9-10,12H,1,3-4,7-8,11H2. The maximum Gasteiger partial charge on any atom is 0.276 e. The van der Waals surface area contributed by atoms with Crippen LogP contribution < -0.4 is 0 Å². The summed E-state index contributed by atoms with van der Waals surface area (Å²) in [5.41, 5.74) is 0.986. The fourth-order valence-corrected chi connectivity index (χ4v) is 3.46. The monoisotopic (exact) mass is 274 g/mol. The van der Waals surface area contributed by atoms with E-state index in [1.807, 2.05) is 30.3 Å². The van der Waals surface area contributed by atoms with E-state index in [0.717, 1.165) is 17.2 Å². The molecule has 0 bridgehead atoms. The zero-order valence-corrected chi connectivity index (χ0v) is 11.7. The summed E-state index contributed by atoms with van der Waals surface area (Å²) in [5, 5.41) is 8.93. The molecule has 1 aromatic heterocycles. The number of nitrogens with zero attached hydrogens (tertiary/aromatic N) is 2. The lowest BCUT2D eigenvalue weighted by Crippen LogP contribution is -2.08. The Hall–Kier alpha value is -1.29. The van der Waals surface area contributed by atoms with Crippen LogP contribution in [-0.2, 0) is 0 Å². The van der Waals surface area contributed by atoms with E-state index < -0.39 is 0 Å². The second-order valence-corrected chi connectivity index (χ2v) is 6.03. The van der Waals surface area contributed by atoms with E-state index in [2.05, 4.69) is 10.2 Å². The number of benzene rings is 1. The fourth-order valence-electron chi connectivity index (χ4n) is 2.51. The molecule has 1 saturated carbocycles. The van der Waals surface area contributed by atoms with Gasteiger partial charge < -0.3 is 4.42 Å². The molecule has 0 atom stereocenters.